The molecule has 0 aromatic heterocycles. The van der Waals surface area contributed by atoms with Crippen LogP contribution in [0.4, 0.5) is 0 Å². The molecule has 7 heteroatoms. The van der Waals surface area contributed by atoms with Crippen molar-refractivity contribution in [3.63, 3.8) is 0 Å². The summed E-state index contributed by atoms with van der Waals surface area (Å²) in [5.41, 5.74) is 1.88. The summed E-state index contributed by atoms with van der Waals surface area (Å²) in [6, 6.07) is 15.3. The second kappa shape index (κ2) is 8.73. The van der Waals surface area contributed by atoms with Crippen LogP contribution < -0.4 is 9.47 Å². The van der Waals surface area contributed by atoms with Crippen molar-refractivity contribution >= 4 is 29.1 Å². The molecule has 0 saturated carbocycles. The van der Waals surface area contributed by atoms with Gasteiger partial charge in [0.25, 0.3) is 0 Å². The average Bonchev–Trinajstić information content (AvgIpc) is 2.96. The highest BCUT2D eigenvalue weighted by atomic mass is 32.2. The Morgan fingerprint density at radius 2 is 1.85 bits per heavy atom. The second-order valence-electron chi connectivity index (χ2n) is 5.91. The van der Waals surface area contributed by atoms with Gasteiger partial charge in [0.05, 0.1) is 32.2 Å². The fourth-order valence-corrected chi connectivity index (χ4v) is 3.57. The third kappa shape index (κ3) is 4.49. The fourth-order valence-electron chi connectivity index (χ4n) is 2.65. The SMILES string of the molecule is COc1ccc(C=NN=C2SC(C)C(=O)N2Cc2ccccc2)cc1OC. The van der Waals surface area contributed by atoms with E-state index in [4.69, 9.17) is 9.47 Å². The Kier molecular flexibility index (Phi) is 6.13. The minimum Gasteiger partial charge on any atom is -0.493 e. The van der Waals surface area contributed by atoms with Crippen LogP contribution in [0.5, 0.6) is 11.5 Å². The molecule has 1 heterocycles. The molecule has 2 aromatic rings. The smallest absolute Gasteiger partial charge is 0.242 e. The summed E-state index contributed by atoms with van der Waals surface area (Å²) in [5.74, 6) is 1.32. The van der Waals surface area contributed by atoms with E-state index >= 15 is 0 Å². The Morgan fingerprint density at radius 1 is 1.11 bits per heavy atom. The average molecular weight is 383 g/mol. The number of amidine groups is 1. The predicted octanol–water partition coefficient (Wildman–Crippen LogP) is 3.56. The molecule has 0 radical (unpaired) electrons. The molecule has 2 aromatic carbocycles. The molecule has 0 bridgehead atoms. The normalized spacial score (nSPS) is 18.5. The highest BCUT2D eigenvalue weighted by Crippen LogP contribution is 2.29. The number of nitrogens with zero attached hydrogens (tertiary/aromatic N) is 3. The Balaban J connectivity index is 1.78. The topological polar surface area (TPSA) is 63.5 Å². The van der Waals surface area contributed by atoms with Crippen molar-refractivity contribution in [3.05, 3.63) is 59.7 Å². The molecular formula is C20H21N3O3S. The number of rotatable bonds is 6. The van der Waals surface area contributed by atoms with Gasteiger partial charge in [-0.15, -0.1) is 5.10 Å². The zero-order valence-corrected chi connectivity index (χ0v) is 16.3. The summed E-state index contributed by atoms with van der Waals surface area (Å²) < 4.78 is 10.5. The van der Waals surface area contributed by atoms with Crippen LogP contribution in [-0.4, -0.2) is 41.7 Å². The number of carbonyl (C=O) groups is 1. The van der Waals surface area contributed by atoms with E-state index in [1.807, 2.05) is 55.5 Å². The Hall–Kier alpha value is -2.80. The first-order chi connectivity index (χ1) is 13.1. The molecule has 0 aliphatic carbocycles. The van der Waals surface area contributed by atoms with Gasteiger partial charge in [-0.2, -0.15) is 5.10 Å². The van der Waals surface area contributed by atoms with E-state index in [-0.39, 0.29) is 11.2 Å². The van der Waals surface area contributed by atoms with Crippen LogP contribution in [0.15, 0.2) is 58.7 Å². The Morgan fingerprint density at radius 3 is 2.56 bits per heavy atom. The molecule has 1 aliphatic rings. The van der Waals surface area contributed by atoms with Crippen molar-refractivity contribution in [1.82, 2.24) is 4.90 Å². The number of methoxy groups -OCH3 is 2. The monoisotopic (exact) mass is 383 g/mol. The predicted molar refractivity (Wildman–Crippen MR) is 109 cm³/mol. The van der Waals surface area contributed by atoms with Gasteiger partial charge in [-0.3, -0.25) is 9.69 Å². The van der Waals surface area contributed by atoms with E-state index in [2.05, 4.69) is 10.2 Å². The third-order valence-electron chi connectivity index (χ3n) is 4.07. The van der Waals surface area contributed by atoms with Gasteiger partial charge in [0.1, 0.15) is 0 Å². The summed E-state index contributed by atoms with van der Waals surface area (Å²) >= 11 is 1.42. The summed E-state index contributed by atoms with van der Waals surface area (Å²) in [5, 5.41) is 8.89. The molecule has 140 valence electrons. The first-order valence-corrected chi connectivity index (χ1v) is 9.35. The minimum atomic E-state index is -0.163. The van der Waals surface area contributed by atoms with Crippen LogP contribution in [0.2, 0.25) is 0 Å². The maximum Gasteiger partial charge on any atom is 0.242 e. The molecule has 1 fully saturated rings. The molecule has 3 rings (SSSR count). The van der Waals surface area contributed by atoms with Gasteiger partial charge in [-0.25, -0.2) is 0 Å². The van der Waals surface area contributed by atoms with Gasteiger partial charge in [0.2, 0.25) is 5.91 Å². The lowest BCUT2D eigenvalue weighted by Crippen LogP contribution is -2.30. The maximum atomic E-state index is 12.4. The van der Waals surface area contributed by atoms with Gasteiger partial charge in [-0.1, -0.05) is 42.1 Å². The van der Waals surface area contributed by atoms with E-state index < -0.39 is 0 Å². The highest BCUT2D eigenvalue weighted by molar-refractivity contribution is 8.15. The van der Waals surface area contributed by atoms with Crippen molar-refractivity contribution < 1.29 is 14.3 Å². The van der Waals surface area contributed by atoms with Crippen LogP contribution >= 0.6 is 11.8 Å². The van der Waals surface area contributed by atoms with E-state index in [9.17, 15) is 4.79 Å². The minimum absolute atomic E-state index is 0.0453. The van der Waals surface area contributed by atoms with Gasteiger partial charge >= 0.3 is 0 Å². The number of hydrogen-bond acceptors (Lipinski definition) is 6. The molecule has 1 aliphatic heterocycles. The van der Waals surface area contributed by atoms with Gasteiger partial charge in [0.15, 0.2) is 16.7 Å². The molecule has 1 amide bonds. The van der Waals surface area contributed by atoms with Crippen LogP contribution in [0.1, 0.15) is 18.1 Å². The highest BCUT2D eigenvalue weighted by Gasteiger charge is 2.35. The molecule has 1 unspecified atom stereocenters. The fraction of sp³-hybridized carbons (Fsp3) is 0.250. The van der Waals surface area contributed by atoms with E-state index in [1.54, 1.807) is 25.3 Å². The molecule has 0 spiro atoms. The van der Waals surface area contributed by atoms with Gasteiger partial charge in [0, 0.05) is 0 Å². The first-order valence-electron chi connectivity index (χ1n) is 8.47. The lowest BCUT2D eigenvalue weighted by molar-refractivity contribution is -0.126. The quantitative estimate of drug-likeness (QED) is 0.565. The summed E-state index contributed by atoms with van der Waals surface area (Å²) in [7, 11) is 3.18. The van der Waals surface area contributed by atoms with Gasteiger partial charge < -0.3 is 9.47 Å². The number of amides is 1. The lowest BCUT2D eigenvalue weighted by atomic mass is 10.2. The zero-order valence-electron chi connectivity index (χ0n) is 15.5. The third-order valence-corrected chi connectivity index (χ3v) is 5.14. The van der Waals surface area contributed by atoms with E-state index in [0.717, 1.165) is 11.1 Å². The van der Waals surface area contributed by atoms with Crippen molar-refractivity contribution in [2.24, 2.45) is 10.2 Å². The molecule has 6 nitrogen and oxygen atoms in total. The largest absolute Gasteiger partial charge is 0.493 e. The Labute approximate surface area is 162 Å². The summed E-state index contributed by atoms with van der Waals surface area (Å²) in [4.78, 5) is 14.1. The number of thioether (sulfide) groups is 1. The summed E-state index contributed by atoms with van der Waals surface area (Å²) in [6.07, 6.45) is 1.63. The van der Waals surface area contributed by atoms with Crippen LogP contribution in [0.3, 0.4) is 0 Å². The standard InChI is InChI=1S/C20H21N3O3S/c1-14-19(24)23(13-15-7-5-4-6-8-15)20(27-14)22-21-12-16-9-10-17(25-2)18(11-16)26-3/h4-12,14H,13H2,1-3H3. The molecule has 27 heavy (non-hydrogen) atoms. The van der Waals surface area contributed by atoms with Crippen molar-refractivity contribution in [2.75, 3.05) is 14.2 Å². The van der Waals surface area contributed by atoms with Gasteiger partial charge in [-0.05, 0) is 36.2 Å². The zero-order chi connectivity index (χ0) is 19.2. The van der Waals surface area contributed by atoms with Crippen molar-refractivity contribution in [2.45, 2.75) is 18.7 Å². The van der Waals surface area contributed by atoms with Crippen LogP contribution in [-0.2, 0) is 11.3 Å². The second-order valence-corrected chi connectivity index (χ2v) is 7.22. The number of carbonyl (C=O) groups excluding carboxylic acids is 1. The van der Waals surface area contributed by atoms with Crippen LogP contribution in [0.25, 0.3) is 0 Å². The van der Waals surface area contributed by atoms with Crippen molar-refractivity contribution in [3.8, 4) is 11.5 Å². The molecule has 0 N–H and O–H groups in total. The molecule has 1 saturated heterocycles. The maximum absolute atomic E-state index is 12.4. The molecule has 1 atom stereocenters. The number of hydrogen-bond donors (Lipinski definition) is 0. The lowest BCUT2D eigenvalue weighted by Gasteiger charge is -2.15. The Bertz CT molecular complexity index is 868. The van der Waals surface area contributed by atoms with Crippen molar-refractivity contribution in [1.29, 1.82) is 0 Å². The number of benzene rings is 2. The van der Waals surface area contributed by atoms with E-state index in [1.165, 1.54) is 11.8 Å². The first kappa shape index (κ1) is 19.0. The van der Waals surface area contributed by atoms with Crippen LogP contribution in [0, 0.1) is 0 Å². The summed E-state index contributed by atoms with van der Waals surface area (Å²) in [6.45, 7) is 2.37. The number of ether oxygens (including phenoxy) is 2. The molecular weight excluding hydrogens is 362 g/mol. The van der Waals surface area contributed by atoms with E-state index in [0.29, 0.717) is 23.2 Å².